The predicted molar refractivity (Wildman–Crippen MR) is 50.8 cm³/mol. The molecule has 7 heteroatoms. The van der Waals surface area contributed by atoms with Crippen LogP contribution in [0, 0.1) is 0 Å². The highest BCUT2D eigenvalue weighted by Gasteiger charge is 2.32. The lowest BCUT2D eigenvalue weighted by Gasteiger charge is -2.11. The van der Waals surface area contributed by atoms with Crippen molar-refractivity contribution in [3.8, 4) is 0 Å². The molecule has 1 aromatic heterocycles. The minimum Gasteiger partial charge on any atom is -0.394 e. The molecule has 0 saturated heterocycles. The fourth-order valence-electron chi connectivity index (χ4n) is 0.978. The molecule has 0 aliphatic carbocycles. The Bertz CT molecular complexity index is 344. The van der Waals surface area contributed by atoms with Crippen molar-refractivity contribution in [2.24, 2.45) is 0 Å². The number of nitrogens with one attached hydrogen (secondary N) is 1. The average molecular weight is 236 g/mol. The average Bonchev–Trinajstić information content (AvgIpc) is 2.25. The van der Waals surface area contributed by atoms with Gasteiger partial charge < -0.3 is 15.5 Å². The molecule has 0 saturated carbocycles. The van der Waals surface area contributed by atoms with E-state index < -0.39 is 24.6 Å². The van der Waals surface area contributed by atoms with E-state index in [0.717, 1.165) is 6.07 Å². The summed E-state index contributed by atoms with van der Waals surface area (Å²) in [5, 5.41) is 20.0. The number of halogens is 3. The van der Waals surface area contributed by atoms with Crippen LogP contribution in [0.5, 0.6) is 0 Å². The molecular weight excluding hydrogens is 225 g/mol. The summed E-state index contributed by atoms with van der Waals surface area (Å²) in [5.74, 6) is 0.00215. The van der Waals surface area contributed by atoms with Gasteiger partial charge in [-0.2, -0.15) is 13.2 Å². The van der Waals surface area contributed by atoms with E-state index in [1.54, 1.807) is 0 Å². The van der Waals surface area contributed by atoms with Crippen molar-refractivity contribution in [2.75, 3.05) is 18.5 Å². The predicted octanol–water partition coefficient (Wildman–Crippen LogP) is 0.866. The lowest BCUT2D eigenvalue weighted by Crippen LogP contribution is -2.23. The Morgan fingerprint density at radius 3 is 2.62 bits per heavy atom. The molecule has 16 heavy (non-hydrogen) atoms. The first-order valence-corrected chi connectivity index (χ1v) is 4.50. The molecule has 0 aromatic carbocycles. The molecule has 0 aliphatic rings. The Labute approximate surface area is 89.7 Å². The Kier molecular flexibility index (Phi) is 4.08. The van der Waals surface area contributed by atoms with E-state index in [4.69, 9.17) is 10.2 Å². The van der Waals surface area contributed by atoms with Crippen LogP contribution in [0.1, 0.15) is 5.69 Å². The third kappa shape index (κ3) is 3.67. The Morgan fingerprint density at radius 2 is 2.06 bits per heavy atom. The Balaban J connectivity index is 2.68. The van der Waals surface area contributed by atoms with Gasteiger partial charge in [-0.3, -0.25) is 0 Å². The van der Waals surface area contributed by atoms with Crippen molar-refractivity contribution < 1.29 is 23.4 Å². The fraction of sp³-hybridized carbons (Fsp3) is 0.444. The van der Waals surface area contributed by atoms with Crippen molar-refractivity contribution in [1.29, 1.82) is 0 Å². The van der Waals surface area contributed by atoms with E-state index in [1.165, 1.54) is 12.1 Å². The Hall–Kier alpha value is -1.34. The highest BCUT2D eigenvalue weighted by molar-refractivity contribution is 5.36. The van der Waals surface area contributed by atoms with Crippen molar-refractivity contribution in [1.82, 2.24) is 4.98 Å². The minimum atomic E-state index is -4.49. The largest absolute Gasteiger partial charge is 0.433 e. The molecule has 1 unspecified atom stereocenters. The molecule has 0 bridgehead atoms. The van der Waals surface area contributed by atoms with Crippen molar-refractivity contribution in [3.05, 3.63) is 23.9 Å². The summed E-state index contributed by atoms with van der Waals surface area (Å²) in [6.45, 7) is -0.531. The molecular formula is C9H11F3N2O2. The number of aliphatic hydroxyl groups is 2. The Morgan fingerprint density at radius 1 is 1.38 bits per heavy atom. The molecule has 1 heterocycles. The van der Waals surface area contributed by atoms with Gasteiger partial charge in [-0.25, -0.2) is 4.98 Å². The second-order valence-electron chi connectivity index (χ2n) is 3.12. The van der Waals surface area contributed by atoms with Gasteiger partial charge in [0.15, 0.2) is 0 Å². The monoisotopic (exact) mass is 236 g/mol. The van der Waals surface area contributed by atoms with Gasteiger partial charge in [0, 0.05) is 6.54 Å². The van der Waals surface area contributed by atoms with Gasteiger partial charge in [0.25, 0.3) is 0 Å². The molecule has 0 aliphatic heterocycles. The summed E-state index contributed by atoms with van der Waals surface area (Å²) < 4.78 is 36.8. The number of hydrogen-bond acceptors (Lipinski definition) is 4. The smallest absolute Gasteiger partial charge is 0.394 e. The molecule has 0 spiro atoms. The lowest BCUT2D eigenvalue weighted by atomic mass is 10.3. The number of hydrogen-bond donors (Lipinski definition) is 3. The van der Waals surface area contributed by atoms with Gasteiger partial charge in [-0.15, -0.1) is 0 Å². The third-order valence-corrected chi connectivity index (χ3v) is 1.77. The summed E-state index contributed by atoms with van der Waals surface area (Å²) in [4.78, 5) is 3.32. The fourth-order valence-corrected chi connectivity index (χ4v) is 0.978. The number of rotatable bonds is 4. The zero-order chi connectivity index (χ0) is 12.2. The van der Waals surface area contributed by atoms with E-state index in [1.807, 2.05) is 0 Å². The maximum atomic E-state index is 12.3. The molecule has 0 radical (unpaired) electrons. The van der Waals surface area contributed by atoms with Crippen LogP contribution in [-0.4, -0.2) is 34.5 Å². The molecule has 1 atom stereocenters. The van der Waals surface area contributed by atoms with Crippen LogP contribution >= 0.6 is 0 Å². The van der Waals surface area contributed by atoms with Crippen LogP contribution in [0.25, 0.3) is 0 Å². The quantitative estimate of drug-likeness (QED) is 0.725. The summed E-state index contributed by atoms with van der Waals surface area (Å²) in [5.41, 5.74) is -1.00. The zero-order valence-corrected chi connectivity index (χ0v) is 8.20. The van der Waals surface area contributed by atoms with E-state index in [-0.39, 0.29) is 12.4 Å². The molecule has 0 fully saturated rings. The topological polar surface area (TPSA) is 65.4 Å². The number of alkyl halides is 3. The van der Waals surface area contributed by atoms with Crippen LogP contribution in [0.2, 0.25) is 0 Å². The molecule has 3 N–H and O–H groups in total. The number of nitrogens with zero attached hydrogens (tertiary/aromatic N) is 1. The molecule has 1 aromatic rings. The number of pyridine rings is 1. The van der Waals surface area contributed by atoms with E-state index >= 15 is 0 Å². The summed E-state index contributed by atoms with van der Waals surface area (Å²) in [6.07, 6.45) is -5.52. The van der Waals surface area contributed by atoms with Crippen LogP contribution in [-0.2, 0) is 6.18 Å². The lowest BCUT2D eigenvalue weighted by molar-refractivity contribution is -0.141. The van der Waals surface area contributed by atoms with E-state index in [0.29, 0.717) is 0 Å². The van der Waals surface area contributed by atoms with Crippen LogP contribution in [0.4, 0.5) is 19.0 Å². The van der Waals surface area contributed by atoms with Gasteiger partial charge in [0.2, 0.25) is 0 Å². The van der Waals surface area contributed by atoms with E-state index in [9.17, 15) is 13.2 Å². The normalized spacial score (nSPS) is 13.6. The van der Waals surface area contributed by atoms with Crippen molar-refractivity contribution in [2.45, 2.75) is 12.3 Å². The maximum absolute atomic E-state index is 12.3. The number of anilines is 1. The molecule has 4 nitrogen and oxygen atoms in total. The first-order valence-electron chi connectivity index (χ1n) is 4.50. The third-order valence-electron chi connectivity index (χ3n) is 1.77. The first kappa shape index (κ1) is 12.7. The zero-order valence-electron chi connectivity index (χ0n) is 8.20. The summed E-state index contributed by atoms with van der Waals surface area (Å²) >= 11 is 0. The SMILES string of the molecule is OCC(O)CNc1cccc(C(F)(F)F)n1. The summed E-state index contributed by atoms with van der Waals surface area (Å²) in [7, 11) is 0. The van der Waals surface area contributed by atoms with Gasteiger partial charge in [0.05, 0.1) is 12.7 Å². The standard InChI is InChI=1S/C9H11F3N2O2/c10-9(11,12)7-2-1-3-8(14-7)13-4-6(16)5-15/h1-3,6,15-16H,4-5H2,(H,13,14). The van der Waals surface area contributed by atoms with Gasteiger partial charge in [-0.05, 0) is 12.1 Å². The molecule has 90 valence electrons. The maximum Gasteiger partial charge on any atom is 0.433 e. The second-order valence-corrected chi connectivity index (χ2v) is 3.12. The highest BCUT2D eigenvalue weighted by atomic mass is 19.4. The van der Waals surface area contributed by atoms with Gasteiger partial charge in [-0.1, -0.05) is 6.07 Å². The van der Waals surface area contributed by atoms with Crippen molar-refractivity contribution in [3.63, 3.8) is 0 Å². The second kappa shape index (κ2) is 5.13. The molecule has 1 rings (SSSR count). The molecule has 0 amide bonds. The number of aliphatic hydroxyl groups excluding tert-OH is 2. The van der Waals surface area contributed by atoms with Crippen LogP contribution in [0.15, 0.2) is 18.2 Å². The first-order chi connectivity index (χ1) is 7.43. The van der Waals surface area contributed by atoms with E-state index in [2.05, 4.69) is 10.3 Å². The van der Waals surface area contributed by atoms with Crippen LogP contribution in [0.3, 0.4) is 0 Å². The van der Waals surface area contributed by atoms with Crippen LogP contribution < -0.4 is 5.32 Å². The van der Waals surface area contributed by atoms with Gasteiger partial charge >= 0.3 is 6.18 Å². The van der Waals surface area contributed by atoms with Gasteiger partial charge in [0.1, 0.15) is 11.5 Å². The minimum absolute atomic E-state index is 0.00215. The highest BCUT2D eigenvalue weighted by Crippen LogP contribution is 2.27. The summed E-state index contributed by atoms with van der Waals surface area (Å²) in [6, 6.07) is 3.41. The number of aromatic nitrogens is 1. The van der Waals surface area contributed by atoms with Crippen molar-refractivity contribution >= 4 is 5.82 Å².